The molecule has 8 heteroatoms. The number of piperidine rings is 1. The molecule has 0 aliphatic carbocycles. The molecular weight excluding hydrogens is 276 g/mol. The Kier molecular flexibility index (Phi) is 6.93. The van der Waals surface area contributed by atoms with Crippen molar-refractivity contribution in [2.75, 3.05) is 39.5 Å². The number of hydrogen-bond donors (Lipinski definition) is 2. The van der Waals surface area contributed by atoms with Gasteiger partial charge in [-0.2, -0.15) is 5.01 Å². The molecule has 0 amide bonds. The van der Waals surface area contributed by atoms with E-state index in [1.165, 1.54) is 5.34 Å². The van der Waals surface area contributed by atoms with Crippen molar-refractivity contribution in [3.05, 3.63) is 24.3 Å². The summed E-state index contributed by atoms with van der Waals surface area (Å²) in [4.78, 5) is 19.2. The van der Waals surface area contributed by atoms with E-state index in [1.54, 1.807) is 12.4 Å². The zero-order chi connectivity index (χ0) is 14.9. The minimum atomic E-state index is -0.0900. The number of aliphatic hydroxyl groups is 2. The van der Waals surface area contributed by atoms with Crippen LogP contribution in [0.1, 0.15) is 24.6 Å². The van der Waals surface area contributed by atoms with Gasteiger partial charge in [-0.15, -0.1) is 0 Å². The molecule has 2 heterocycles. The fourth-order valence-corrected chi connectivity index (χ4v) is 2.25. The second-order valence-corrected chi connectivity index (χ2v) is 4.69. The molecule has 8 nitrogen and oxygen atoms in total. The molecule has 0 unspecified atom stereocenters. The van der Waals surface area contributed by atoms with Gasteiger partial charge in [0.15, 0.2) is 0 Å². The van der Waals surface area contributed by atoms with Crippen LogP contribution >= 0.6 is 0 Å². The average Bonchev–Trinajstić information content (AvgIpc) is 2.56. The van der Waals surface area contributed by atoms with Crippen molar-refractivity contribution in [2.24, 2.45) is 0 Å². The molecule has 1 fully saturated rings. The van der Waals surface area contributed by atoms with Crippen molar-refractivity contribution in [1.29, 1.82) is 0 Å². The first-order valence-electron chi connectivity index (χ1n) is 7.14. The summed E-state index contributed by atoms with van der Waals surface area (Å²) >= 11 is 0. The van der Waals surface area contributed by atoms with Gasteiger partial charge >= 0.3 is 0 Å². The predicted octanol–water partition coefficient (Wildman–Crippen LogP) is -0.279. The molecule has 1 aromatic rings. The van der Waals surface area contributed by atoms with Gasteiger partial charge in [0.2, 0.25) is 0 Å². The van der Waals surface area contributed by atoms with Crippen LogP contribution in [-0.2, 0) is 9.68 Å². The minimum absolute atomic E-state index is 0.0900. The maximum absolute atomic E-state index is 8.84. The Morgan fingerprint density at radius 1 is 1.10 bits per heavy atom. The number of aromatic nitrogens is 2. The first-order chi connectivity index (χ1) is 10.3. The van der Waals surface area contributed by atoms with Gasteiger partial charge in [-0.25, -0.2) is 9.97 Å². The number of nitrogens with zero attached hydrogens (tertiary/aromatic N) is 4. The van der Waals surface area contributed by atoms with Crippen LogP contribution in [0.4, 0.5) is 0 Å². The highest BCUT2D eigenvalue weighted by Gasteiger charge is 2.27. The summed E-state index contributed by atoms with van der Waals surface area (Å²) in [7, 11) is 0. The van der Waals surface area contributed by atoms with Gasteiger partial charge in [-0.3, -0.25) is 9.68 Å². The number of hydrazine groups is 1. The Morgan fingerprint density at radius 2 is 1.67 bits per heavy atom. The molecule has 1 aliphatic rings. The van der Waals surface area contributed by atoms with Gasteiger partial charge < -0.3 is 10.2 Å². The SMILES string of the molecule is OCCON(OCCO)N1CCC(c2ncccn2)CC1. The van der Waals surface area contributed by atoms with Crippen LogP contribution in [0.5, 0.6) is 0 Å². The maximum atomic E-state index is 8.84. The van der Waals surface area contributed by atoms with Gasteiger partial charge in [0.25, 0.3) is 0 Å². The number of rotatable bonds is 8. The van der Waals surface area contributed by atoms with Gasteiger partial charge in [0.05, 0.1) is 26.4 Å². The molecule has 0 saturated carbocycles. The number of hydrogen-bond acceptors (Lipinski definition) is 8. The Morgan fingerprint density at radius 3 is 2.19 bits per heavy atom. The lowest BCUT2D eigenvalue weighted by molar-refractivity contribution is -0.465. The summed E-state index contributed by atoms with van der Waals surface area (Å²) in [5.74, 6) is 1.20. The van der Waals surface area contributed by atoms with Crippen molar-refractivity contribution < 1.29 is 19.9 Å². The lowest BCUT2D eigenvalue weighted by Gasteiger charge is -2.36. The Bertz CT molecular complexity index is 379. The van der Waals surface area contributed by atoms with Gasteiger partial charge in [-0.05, 0) is 18.9 Å². The standard InChI is InChI=1S/C13H22N4O4/c18-8-10-20-17(21-11-9-19)16-6-2-12(3-7-16)13-14-4-1-5-15-13/h1,4-5,12,18-19H,2-3,6-11H2. The van der Waals surface area contributed by atoms with Crippen LogP contribution in [0.3, 0.4) is 0 Å². The fraction of sp³-hybridized carbons (Fsp3) is 0.692. The molecule has 2 N–H and O–H groups in total. The molecule has 0 radical (unpaired) electrons. The van der Waals surface area contributed by atoms with Crippen molar-refractivity contribution in [1.82, 2.24) is 20.3 Å². The third-order valence-electron chi connectivity index (χ3n) is 3.24. The molecule has 2 rings (SSSR count). The summed E-state index contributed by atoms with van der Waals surface area (Å²) in [6.07, 6.45) is 5.31. The summed E-state index contributed by atoms with van der Waals surface area (Å²) < 4.78 is 0. The van der Waals surface area contributed by atoms with Crippen molar-refractivity contribution >= 4 is 0 Å². The highest BCUT2D eigenvalue weighted by atomic mass is 17.0. The van der Waals surface area contributed by atoms with Crippen molar-refractivity contribution in [3.8, 4) is 0 Å². The van der Waals surface area contributed by atoms with Crippen LogP contribution in [-0.4, -0.2) is 70.0 Å². The van der Waals surface area contributed by atoms with Crippen LogP contribution in [0.25, 0.3) is 0 Å². The van der Waals surface area contributed by atoms with Gasteiger partial charge in [0, 0.05) is 36.7 Å². The summed E-state index contributed by atoms with van der Waals surface area (Å²) in [5, 5.41) is 20.9. The quantitative estimate of drug-likeness (QED) is 0.633. The molecule has 21 heavy (non-hydrogen) atoms. The molecule has 0 spiro atoms. The molecule has 0 bridgehead atoms. The molecule has 0 atom stereocenters. The van der Waals surface area contributed by atoms with E-state index in [9.17, 15) is 0 Å². The van der Waals surface area contributed by atoms with E-state index in [4.69, 9.17) is 19.9 Å². The fourth-order valence-electron chi connectivity index (χ4n) is 2.25. The first-order valence-corrected chi connectivity index (χ1v) is 7.14. The minimum Gasteiger partial charge on any atom is -0.394 e. The van der Waals surface area contributed by atoms with E-state index in [0.717, 1.165) is 31.8 Å². The molecular formula is C13H22N4O4. The Balaban J connectivity index is 1.85. The van der Waals surface area contributed by atoms with E-state index in [-0.39, 0.29) is 26.4 Å². The molecule has 1 aromatic heterocycles. The van der Waals surface area contributed by atoms with E-state index >= 15 is 0 Å². The van der Waals surface area contributed by atoms with Gasteiger partial charge in [0.1, 0.15) is 5.82 Å². The predicted molar refractivity (Wildman–Crippen MR) is 73.5 cm³/mol. The zero-order valence-electron chi connectivity index (χ0n) is 12.0. The third kappa shape index (κ3) is 4.95. The van der Waals surface area contributed by atoms with Crippen LogP contribution in [0.2, 0.25) is 0 Å². The van der Waals surface area contributed by atoms with Gasteiger partial charge in [-0.1, -0.05) is 0 Å². The first kappa shape index (κ1) is 16.2. The van der Waals surface area contributed by atoms with Crippen molar-refractivity contribution in [3.63, 3.8) is 0 Å². The second kappa shape index (κ2) is 8.98. The smallest absolute Gasteiger partial charge is 0.131 e. The largest absolute Gasteiger partial charge is 0.394 e. The molecule has 1 saturated heterocycles. The third-order valence-corrected chi connectivity index (χ3v) is 3.24. The highest BCUT2D eigenvalue weighted by molar-refractivity contribution is 4.98. The van der Waals surface area contributed by atoms with Crippen LogP contribution in [0.15, 0.2) is 18.5 Å². The van der Waals surface area contributed by atoms with Crippen molar-refractivity contribution in [2.45, 2.75) is 18.8 Å². The van der Waals surface area contributed by atoms with E-state index < -0.39 is 0 Å². The summed E-state index contributed by atoms with van der Waals surface area (Å²) in [5.41, 5.74) is 0. The highest BCUT2D eigenvalue weighted by Crippen LogP contribution is 2.25. The Hall–Kier alpha value is -1.16. The zero-order valence-corrected chi connectivity index (χ0v) is 12.0. The number of aliphatic hydroxyl groups excluding tert-OH is 2. The lowest BCUT2D eigenvalue weighted by atomic mass is 9.97. The molecule has 1 aliphatic heterocycles. The summed E-state index contributed by atoms with van der Waals surface area (Å²) in [6.45, 7) is 1.58. The second-order valence-electron chi connectivity index (χ2n) is 4.69. The van der Waals surface area contributed by atoms with E-state index in [2.05, 4.69) is 9.97 Å². The molecule has 0 aromatic carbocycles. The molecule has 118 valence electrons. The summed E-state index contributed by atoms with van der Waals surface area (Å²) in [6, 6.07) is 1.81. The Labute approximate surface area is 123 Å². The maximum Gasteiger partial charge on any atom is 0.131 e. The average molecular weight is 298 g/mol. The van der Waals surface area contributed by atoms with E-state index in [0.29, 0.717) is 5.92 Å². The topological polar surface area (TPSA) is 91.2 Å². The van der Waals surface area contributed by atoms with Crippen LogP contribution < -0.4 is 0 Å². The lowest BCUT2D eigenvalue weighted by Crippen LogP contribution is -2.47. The van der Waals surface area contributed by atoms with Crippen LogP contribution in [0, 0.1) is 0 Å². The van der Waals surface area contributed by atoms with E-state index in [1.807, 2.05) is 11.1 Å². The monoisotopic (exact) mass is 298 g/mol. The normalized spacial score (nSPS) is 17.5.